The number of allylic oxidation sites excluding steroid dienone is 4. The minimum atomic E-state index is -4.68. The van der Waals surface area contributed by atoms with E-state index in [1.165, 1.54) is 0 Å². The molecule has 0 bridgehead atoms. The van der Waals surface area contributed by atoms with Crippen molar-refractivity contribution in [3.05, 3.63) is 71.1 Å². The van der Waals surface area contributed by atoms with Crippen molar-refractivity contribution in [1.29, 1.82) is 0 Å². The molecule has 1 aliphatic heterocycles. The largest absolute Gasteiger partial charge is 0.416 e. The molecule has 1 aliphatic carbocycles. The topological polar surface area (TPSA) is 20.3 Å². The van der Waals surface area contributed by atoms with Gasteiger partial charge in [-0.3, -0.25) is 4.90 Å². The quantitative estimate of drug-likeness (QED) is 0.261. The number of carbonyl (C=O) groups is 1. The van der Waals surface area contributed by atoms with E-state index in [2.05, 4.69) is 18.4 Å². The van der Waals surface area contributed by atoms with Crippen LogP contribution in [0.2, 0.25) is 0 Å². The van der Waals surface area contributed by atoms with Gasteiger partial charge in [-0.15, -0.1) is 0 Å². The third kappa shape index (κ3) is 6.24. The van der Waals surface area contributed by atoms with Crippen LogP contribution in [0.15, 0.2) is 54.2 Å². The van der Waals surface area contributed by atoms with Crippen LogP contribution in [0.25, 0.3) is 0 Å². The molecule has 34 heavy (non-hydrogen) atoms. The smallest absolute Gasteiger partial charge is 0.303 e. The Morgan fingerprint density at radius 2 is 2.12 bits per heavy atom. The van der Waals surface area contributed by atoms with Gasteiger partial charge in [0.2, 0.25) is 0 Å². The Balaban J connectivity index is 2.09. The van der Waals surface area contributed by atoms with Crippen LogP contribution in [0.3, 0.4) is 0 Å². The summed E-state index contributed by atoms with van der Waals surface area (Å²) < 4.78 is 69.0. The molecule has 2 aliphatic rings. The summed E-state index contributed by atoms with van der Waals surface area (Å²) in [7, 11) is 0. The first-order chi connectivity index (χ1) is 16.1. The minimum absolute atomic E-state index is 0.0862. The van der Waals surface area contributed by atoms with Crippen molar-refractivity contribution in [2.45, 2.75) is 50.9 Å². The Hall–Kier alpha value is -2.72. The molecule has 0 aromatic heterocycles. The molecule has 1 unspecified atom stereocenters. The Morgan fingerprint density at radius 1 is 1.35 bits per heavy atom. The first kappa shape index (κ1) is 25.9. The molecule has 0 spiro atoms. The molecule has 1 fully saturated rings. The predicted molar refractivity (Wildman–Crippen MR) is 122 cm³/mol. The highest BCUT2D eigenvalue weighted by molar-refractivity contribution is 5.49. The second-order valence-electron chi connectivity index (χ2n) is 8.95. The summed E-state index contributed by atoms with van der Waals surface area (Å²) in [5.74, 6) is 4.94. The number of rotatable bonds is 6. The van der Waals surface area contributed by atoms with Crippen molar-refractivity contribution in [2.75, 3.05) is 13.2 Å². The number of aldehydes is 1. The molecule has 2 nitrogen and oxygen atoms in total. The lowest BCUT2D eigenvalue weighted by molar-refractivity contribution is -0.138. The molecular weight excluding hydrogens is 449 g/mol. The number of nitrogens with zero attached hydrogens (tertiary/aromatic N) is 1. The number of alkyl halides is 4. The normalized spacial score (nSPS) is 24.1. The first-order valence-corrected chi connectivity index (χ1v) is 11.3. The predicted octanol–water partition coefficient (Wildman–Crippen LogP) is 6.61. The van der Waals surface area contributed by atoms with Crippen LogP contribution in [0.5, 0.6) is 0 Å². The number of likely N-dealkylation sites (tertiary alicyclic amines) is 1. The van der Waals surface area contributed by atoms with Crippen molar-refractivity contribution >= 4 is 6.29 Å². The van der Waals surface area contributed by atoms with Gasteiger partial charge < -0.3 is 4.79 Å². The van der Waals surface area contributed by atoms with Crippen LogP contribution in [0, 0.1) is 29.5 Å². The summed E-state index contributed by atoms with van der Waals surface area (Å²) in [5, 5.41) is 0. The molecular formula is C27H28F5NO. The molecule has 4 atom stereocenters. The van der Waals surface area contributed by atoms with Gasteiger partial charge in [0.1, 0.15) is 18.8 Å². The number of hydrogen-bond acceptors (Lipinski definition) is 2. The molecule has 0 saturated carbocycles. The average molecular weight is 478 g/mol. The van der Waals surface area contributed by atoms with Crippen molar-refractivity contribution in [2.24, 2.45) is 11.8 Å². The number of hydrogen-bond donors (Lipinski definition) is 0. The van der Waals surface area contributed by atoms with E-state index in [0.717, 1.165) is 24.5 Å². The van der Waals surface area contributed by atoms with Gasteiger partial charge in [0.05, 0.1) is 11.6 Å². The van der Waals surface area contributed by atoms with Crippen molar-refractivity contribution < 1.29 is 26.7 Å². The maximum Gasteiger partial charge on any atom is 0.416 e. The summed E-state index contributed by atoms with van der Waals surface area (Å²) in [5.41, 5.74) is -0.121. The Morgan fingerprint density at radius 3 is 2.71 bits per heavy atom. The van der Waals surface area contributed by atoms with Crippen LogP contribution < -0.4 is 0 Å². The van der Waals surface area contributed by atoms with E-state index in [4.69, 9.17) is 0 Å². The maximum absolute atomic E-state index is 14.2. The Bertz CT molecular complexity index is 1030. The van der Waals surface area contributed by atoms with Gasteiger partial charge in [0.15, 0.2) is 0 Å². The van der Waals surface area contributed by atoms with Crippen molar-refractivity contribution in [3.8, 4) is 11.8 Å². The molecule has 182 valence electrons. The standard InChI is InChI=1S/C27H28F5NO/c1-18(2)3-10-25(23-16-22(29)8-9-24(23)27(30,31)32)33-13-11-19(12-14-34)15-26(33)21-6-4-20(17-28)5-7-21/h4-6,8-9,14,16,19,21,25-26H,1,7,11-13,15,17H2,2H3/t19-,21?,25+,26-/m1/s1. The molecule has 1 heterocycles. The van der Waals surface area contributed by atoms with Gasteiger partial charge in [0.25, 0.3) is 0 Å². The van der Waals surface area contributed by atoms with Crippen molar-refractivity contribution in [3.63, 3.8) is 0 Å². The van der Waals surface area contributed by atoms with E-state index >= 15 is 0 Å². The summed E-state index contributed by atoms with van der Waals surface area (Å²) in [4.78, 5) is 13.1. The minimum Gasteiger partial charge on any atom is -0.303 e. The molecule has 0 N–H and O–H groups in total. The van der Waals surface area contributed by atoms with Gasteiger partial charge >= 0.3 is 6.18 Å². The highest BCUT2D eigenvalue weighted by atomic mass is 19.4. The van der Waals surface area contributed by atoms with E-state index in [-0.39, 0.29) is 23.4 Å². The second kappa shape index (κ2) is 11.1. The van der Waals surface area contributed by atoms with Gasteiger partial charge in [-0.2, -0.15) is 13.2 Å². The van der Waals surface area contributed by atoms with E-state index in [0.29, 0.717) is 43.4 Å². The summed E-state index contributed by atoms with van der Waals surface area (Å²) >= 11 is 0. The van der Waals surface area contributed by atoms with E-state index in [1.807, 2.05) is 11.0 Å². The fraction of sp³-hybridized carbons (Fsp3) is 0.444. The van der Waals surface area contributed by atoms with Crippen LogP contribution in [-0.4, -0.2) is 30.4 Å². The molecule has 0 radical (unpaired) electrons. The molecule has 0 amide bonds. The monoisotopic (exact) mass is 477 g/mol. The number of carbonyl (C=O) groups excluding carboxylic acids is 1. The zero-order valence-corrected chi connectivity index (χ0v) is 19.0. The van der Waals surface area contributed by atoms with Crippen LogP contribution in [0.1, 0.15) is 49.8 Å². The molecule has 1 saturated heterocycles. The number of benzene rings is 1. The number of piperidine rings is 1. The highest BCUT2D eigenvalue weighted by Crippen LogP contribution is 2.42. The first-order valence-electron chi connectivity index (χ1n) is 11.3. The van der Waals surface area contributed by atoms with Crippen LogP contribution in [0.4, 0.5) is 22.0 Å². The number of halogens is 5. The fourth-order valence-corrected chi connectivity index (χ4v) is 4.80. The van der Waals surface area contributed by atoms with E-state index in [9.17, 15) is 26.7 Å². The summed E-state index contributed by atoms with van der Waals surface area (Å²) in [6, 6.07) is 1.20. The Labute approximate surface area is 197 Å². The zero-order chi connectivity index (χ0) is 24.9. The van der Waals surface area contributed by atoms with E-state index < -0.39 is 30.3 Å². The lowest BCUT2D eigenvalue weighted by Crippen LogP contribution is -2.48. The third-order valence-electron chi connectivity index (χ3n) is 6.45. The van der Waals surface area contributed by atoms with Crippen molar-refractivity contribution in [1.82, 2.24) is 4.90 Å². The maximum atomic E-state index is 14.2. The van der Waals surface area contributed by atoms with Gasteiger partial charge in [-0.1, -0.05) is 36.6 Å². The average Bonchev–Trinajstić information content (AvgIpc) is 2.79. The zero-order valence-electron chi connectivity index (χ0n) is 19.0. The molecule has 1 aromatic rings. The Kier molecular flexibility index (Phi) is 8.48. The van der Waals surface area contributed by atoms with Gasteiger partial charge in [-0.05, 0) is 72.9 Å². The summed E-state index contributed by atoms with van der Waals surface area (Å²) in [6.45, 7) is 5.20. The molecule has 3 rings (SSSR count). The van der Waals surface area contributed by atoms with Crippen LogP contribution >= 0.6 is 0 Å². The van der Waals surface area contributed by atoms with E-state index in [1.54, 1.807) is 19.1 Å². The van der Waals surface area contributed by atoms with Gasteiger partial charge in [-0.25, -0.2) is 8.78 Å². The van der Waals surface area contributed by atoms with Crippen LogP contribution in [-0.2, 0) is 11.0 Å². The lowest BCUT2D eigenvalue weighted by atomic mass is 9.78. The third-order valence-corrected chi connectivity index (χ3v) is 6.45. The highest BCUT2D eigenvalue weighted by Gasteiger charge is 2.41. The summed E-state index contributed by atoms with van der Waals surface area (Å²) in [6.07, 6.45) is 3.65. The SMILES string of the molecule is C=C(C)C#C[C@@H](c1cc(F)ccc1C(F)(F)F)N1CC[C@H](CC=O)C[C@@H]1C1C=CC(CF)=CC1. The lowest BCUT2D eigenvalue weighted by Gasteiger charge is -2.45. The molecule has 7 heteroatoms. The molecule has 1 aromatic carbocycles. The second-order valence-corrected chi connectivity index (χ2v) is 8.95. The van der Waals surface area contributed by atoms with Gasteiger partial charge in [0, 0.05) is 19.0 Å². The fourth-order valence-electron chi connectivity index (χ4n) is 4.80.